The van der Waals surface area contributed by atoms with E-state index in [1.165, 1.54) is 11.1 Å². The summed E-state index contributed by atoms with van der Waals surface area (Å²) in [5.74, 6) is -0.975. The van der Waals surface area contributed by atoms with E-state index in [4.69, 9.17) is 0 Å². The zero-order valence-electron chi connectivity index (χ0n) is 14.7. The molecular weight excluding hydrogens is 330 g/mol. The quantitative estimate of drug-likeness (QED) is 0.781. The number of hydrogen-bond donors (Lipinski definition) is 1. The second-order valence-corrected chi connectivity index (χ2v) is 6.70. The Morgan fingerprint density at radius 3 is 2.92 bits per heavy atom. The Kier molecular flexibility index (Phi) is 4.30. The number of hydrogen-bond acceptors (Lipinski definition) is 4. The molecule has 0 radical (unpaired) electrons. The summed E-state index contributed by atoms with van der Waals surface area (Å²) in [6.07, 6.45) is 4.67. The molecule has 0 atom stereocenters. The molecule has 0 amide bonds. The summed E-state index contributed by atoms with van der Waals surface area (Å²) in [6.45, 7) is 5.25. The van der Waals surface area contributed by atoms with Crippen molar-refractivity contribution in [2.75, 3.05) is 6.54 Å². The van der Waals surface area contributed by atoms with Crippen LogP contribution in [0, 0.1) is 6.92 Å². The summed E-state index contributed by atoms with van der Waals surface area (Å²) < 4.78 is 3.72. The molecule has 1 aliphatic rings. The minimum Gasteiger partial charge on any atom is -0.476 e. The second-order valence-electron chi connectivity index (χ2n) is 6.70. The Balaban J connectivity index is 1.61. The normalized spacial score (nSPS) is 14.8. The lowest BCUT2D eigenvalue weighted by molar-refractivity contribution is 0.0689. The molecule has 0 aliphatic carbocycles. The van der Waals surface area contributed by atoms with Crippen molar-refractivity contribution < 1.29 is 9.90 Å². The Hall–Kier alpha value is -2.93. The minimum absolute atomic E-state index is 0.120. The number of carboxylic acids is 1. The van der Waals surface area contributed by atoms with Gasteiger partial charge in [0.2, 0.25) is 0 Å². The van der Waals surface area contributed by atoms with E-state index < -0.39 is 5.97 Å². The smallest absolute Gasteiger partial charge is 0.356 e. The van der Waals surface area contributed by atoms with E-state index in [-0.39, 0.29) is 5.69 Å². The molecule has 2 aromatic heterocycles. The van der Waals surface area contributed by atoms with E-state index in [1.54, 1.807) is 12.3 Å². The fourth-order valence-corrected chi connectivity index (χ4v) is 3.48. The number of aromatic nitrogens is 4. The van der Waals surface area contributed by atoms with Crippen LogP contribution in [0.25, 0.3) is 5.69 Å². The van der Waals surface area contributed by atoms with E-state index in [1.807, 2.05) is 21.6 Å². The highest BCUT2D eigenvalue weighted by Gasteiger charge is 2.20. The van der Waals surface area contributed by atoms with Crippen molar-refractivity contribution in [3.05, 3.63) is 65.2 Å². The minimum atomic E-state index is -0.975. The Labute approximate surface area is 151 Å². The molecule has 0 saturated carbocycles. The highest BCUT2D eigenvalue weighted by atomic mass is 16.4. The summed E-state index contributed by atoms with van der Waals surface area (Å²) >= 11 is 0. The average molecular weight is 351 g/mol. The molecule has 1 aromatic carbocycles. The average Bonchev–Trinajstić information content (AvgIpc) is 3.22. The third kappa shape index (κ3) is 3.25. The number of rotatable bonds is 4. The van der Waals surface area contributed by atoms with E-state index in [9.17, 15) is 9.90 Å². The molecule has 4 rings (SSSR count). The summed E-state index contributed by atoms with van der Waals surface area (Å²) in [7, 11) is 0. The van der Waals surface area contributed by atoms with Gasteiger partial charge in [-0.2, -0.15) is 10.2 Å². The molecule has 7 nitrogen and oxygen atoms in total. The van der Waals surface area contributed by atoms with Gasteiger partial charge in [0.05, 0.1) is 11.4 Å². The number of carboxylic acid groups (broad SMARTS) is 1. The third-order valence-corrected chi connectivity index (χ3v) is 4.69. The summed E-state index contributed by atoms with van der Waals surface area (Å²) in [5, 5.41) is 17.7. The van der Waals surface area contributed by atoms with Gasteiger partial charge >= 0.3 is 5.97 Å². The number of aryl methyl sites for hydroxylation is 2. The van der Waals surface area contributed by atoms with Gasteiger partial charge in [0.25, 0.3) is 0 Å². The third-order valence-electron chi connectivity index (χ3n) is 4.69. The zero-order valence-corrected chi connectivity index (χ0v) is 14.7. The first-order chi connectivity index (χ1) is 12.6. The van der Waals surface area contributed by atoms with Crippen LogP contribution in [0.1, 0.15) is 33.7 Å². The molecule has 3 heterocycles. The summed E-state index contributed by atoms with van der Waals surface area (Å²) in [6, 6.07) is 9.99. The van der Waals surface area contributed by atoms with Crippen molar-refractivity contribution in [1.29, 1.82) is 0 Å². The fourth-order valence-electron chi connectivity index (χ4n) is 3.48. The molecule has 3 aromatic rings. The molecule has 26 heavy (non-hydrogen) atoms. The van der Waals surface area contributed by atoms with Crippen LogP contribution >= 0.6 is 0 Å². The van der Waals surface area contributed by atoms with Crippen molar-refractivity contribution >= 4 is 5.97 Å². The van der Waals surface area contributed by atoms with Crippen molar-refractivity contribution in [1.82, 2.24) is 24.5 Å². The Morgan fingerprint density at radius 1 is 1.27 bits per heavy atom. The molecule has 0 unspecified atom stereocenters. The SMILES string of the molecule is Cc1ccc(-n2cccn2)c(CN2CCCn3nc(C(=O)O)cc3C2)c1. The zero-order chi connectivity index (χ0) is 18.1. The number of aromatic carboxylic acids is 1. The van der Waals surface area contributed by atoms with Gasteiger partial charge in [0.15, 0.2) is 5.69 Å². The van der Waals surface area contributed by atoms with Crippen LogP contribution in [0.4, 0.5) is 0 Å². The maximum Gasteiger partial charge on any atom is 0.356 e. The Bertz CT molecular complexity index is 930. The molecule has 0 saturated heterocycles. The highest BCUT2D eigenvalue weighted by molar-refractivity contribution is 5.85. The van der Waals surface area contributed by atoms with Gasteiger partial charge in [-0.3, -0.25) is 9.58 Å². The first-order valence-electron chi connectivity index (χ1n) is 8.72. The van der Waals surface area contributed by atoms with Gasteiger partial charge in [-0.05, 0) is 37.1 Å². The van der Waals surface area contributed by atoms with Crippen LogP contribution in [0.3, 0.4) is 0 Å². The molecule has 0 bridgehead atoms. The number of benzene rings is 1. The lowest BCUT2D eigenvalue weighted by Gasteiger charge is -2.21. The molecule has 0 fully saturated rings. The van der Waals surface area contributed by atoms with Crippen LogP contribution < -0.4 is 0 Å². The summed E-state index contributed by atoms with van der Waals surface area (Å²) in [4.78, 5) is 13.5. The molecule has 7 heteroatoms. The maximum atomic E-state index is 11.2. The number of fused-ring (bicyclic) bond motifs is 1. The lowest BCUT2D eigenvalue weighted by atomic mass is 10.1. The van der Waals surface area contributed by atoms with Crippen LogP contribution in [0.2, 0.25) is 0 Å². The fraction of sp³-hybridized carbons (Fsp3) is 0.316. The van der Waals surface area contributed by atoms with Gasteiger partial charge in [-0.1, -0.05) is 17.7 Å². The van der Waals surface area contributed by atoms with Crippen molar-refractivity contribution in [2.24, 2.45) is 0 Å². The number of nitrogens with zero attached hydrogens (tertiary/aromatic N) is 5. The van der Waals surface area contributed by atoms with Crippen LogP contribution in [0.5, 0.6) is 0 Å². The van der Waals surface area contributed by atoms with Crippen LogP contribution in [-0.2, 0) is 19.6 Å². The first-order valence-corrected chi connectivity index (χ1v) is 8.72. The topological polar surface area (TPSA) is 76.2 Å². The monoisotopic (exact) mass is 351 g/mol. The highest BCUT2D eigenvalue weighted by Crippen LogP contribution is 2.21. The van der Waals surface area contributed by atoms with E-state index >= 15 is 0 Å². The molecular formula is C19H21N5O2. The number of carbonyl (C=O) groups is 1. The molecule has 1 aliphatic heterocycles. The van der Waals surface area contributed by atoms with Gasteiger partial charge in [-0.25, -0.2) is 9.48 Å². The standard InChI is InChI=1S/C19H21N5O2/c1-14-4-5-18(24-8-2-6-20-24)15(10-14)12-22-7-3-9-23-16(13-22)11-17(21-23)19(25)26/h2,4-6,8,10-11H,3,7,9,12-13H2,1H3,(H,25,26). The van der Waals surface area contributed by atoms with Crippen LogP contribution in [-0.4, -0.2) is 42.1 Å². The second kappa shape index (κ2) is 6.76. The predicted molar refractivity (Wildman–Crippen MR) is 96.2 cm³/mol. The van der Waals surface area contributed by atoms with Crippen molar-refractivity contribution in [3.8, 4) is 5.69 Å². The van der Waals surface area contributed by atoms with Gasteiger partial charge < -0.3 is 5.11 Å². The van der Waals surface area contributed by atoms with Gasteiger partial charge in [0, 0.05) is 38.6 Å². The van der Waals surface area contributed by atoms with E-state index in [2.05, 4.69) is 40.2 Å². The maximum absolute atomic E-state index is 11.2. The molecule has 134 valence electrons. The predicted octanol–water partition coefficient (Wildman–Crippen LogP) is 2.48. The molecule has 1 N–H and O–H groups in total. The van der Waals surface area contributed by atoms with Crippen LogP contribution in [0.15, 0.2) is 42.7 Å². The van der Waals surface area contributed by atoms with Crippen molar-refractivity contribution in [2.45, 2.75) is 33.0 Å². The first kappa shape index (κ1) is 16.5. The van der Waals surface area contributed by atoms with E-state index in [0.29, 0.717) is 6.54 Å². The summed E-state index contributed by atoms with van der Waals surface area (Å²) in [5.41, 5.74) is 4.57. The van der Waals surface area contributed by atoms with Gasteiger partial charge in [0.1, 0.15) is 0 Å². The Morgan fingerprint density at radius 2 is 2.15 bits per heavy atom. The van der Waals surface area contributed by atoms with Gasteiger partial charge in [-0.15, -0.1) is 0 Å². The lowest BCUT2D eigenvalue weighted by Crippen LogP contribution is -2.23. The van der Waals surface area contributed by atoms with E-state index in [0.717, 1.165) is 37.4 Å². The van der Waals surface area contributed by atoms with Crippen molar-refractivity contribution in [3.63, 3.8) is 0 Å². The molecule has 0 spiro atoms. The largest absolute Gasteiger partial charge is 0.476 e.